The largest absolute Gasteiger partial charge is 0.392 e. The summed E-state index contributed by atoms with van der Waals surface area (Å²) in [4.78, 5) is 4.62. The van der Waals surface area contributed by atoms with Gasteiger partial charge < -0.3 is 10.4 Å². The zero-order valence-electron chi connectivity index (χ0n) is 12.3. The minimum atomic E-state index is -0.0887. The highest BCUT2D eigenvalue weighted by molar-refractivity contribution is 7.09. The summed E-state index contributed by atoms with van der Waals surface area (Å²) in [5.74, 6) is 0. The Kier molecular flexibility index (Phi) is 4.91. The van der Waals surface area contributed by atoms with E-state index in [-0.39, 0.29) is 12.1 Å². The second kappa shape index (κ2) is 6.48. The summed E-state index contributed by atoms with van der Waals surface area (Å²) in [6.07, 6.45) is 0.995. The molecule has 2 rings (SSSR count). The van der Waals surface area contributed by atoms with Gasteiger partial charge in [0.15, 0.2) is 0 Å². The lowest BCUT2D eigenvalue weighted by Gasteiger charge is -2.27. The first-order valence-corrected chi connectivity index (χ1v) is 7.81. The van der Waals surface area contributed by atoms with E-state index in [1.807, 2.05) is 19.1 Å². The Labute approximate surface area is 124 Å². The predicted octanol–water partition coefficient (Wildman–Crippen LogP) is 3.36. The van der Waals surface area contributed by atoms with Gasteiger partial charge in [0.1, 0.15) is 5.01 Å². The first kappa shape index (κ1) is 15.2. The van der Waals surface area contributed by atoms with Crippen molar-refractivity contribution in [3.05, 3.63) is 51.5 Å². The number of nitrogens with zero attached hydrogens (tertiary/aromatic N) is 1. The van der Waals surface area contributed by atoms with E-state index in [2.05, 4.69) is 41.7 Å². The van der Waals surface area contributed by atoms with Crippen molar-refractivity contribution in [2.45, 2.75) is 45.9 Å². The zero-order valence-corrected chi connectivity index (χ0v) is 13.1. The molecule has 2 N–H and O–H groups in total. The summed E-state index contributed by atoms with van der Waals surface area (Å²) >= 11 is 1.72. The fourth-order valence-corrected chi connectivity index (χ4v) is 3.03. The maximum Gasteiger partial charge on any atom is 0.113 e. The Morgan fingerprint density at radius 3 is 2.40 bits per heavy atom. The van der Waals surface area contributed by atoms with Crippen LogP contribution < -0.4 is 5.32 Å². The smallest absolute Gasteiger partial charge is 0.113 e. The number of nitrogens with one attached hydrogen (secondary N) is 1. The molecule has 1 unspecified atom stereocenters. The van der Waals surface area contributed by atoms with Crippen LogP contribution >= 0.6 is 11.3 Å². The molecule has 20 heavy (non-hydrogen) atoms. The highest BCUT2D eigenvalue weighted by Gasteiger charge is 2.26. The highest BCUT2D eigenvalue weighted by Crippen LogP contribution is 2.27. The van der Waals surface area contributed by atoms with Crippen molar-refractivity contribution < 1.29 is 5.11 Å². The van der Waals surface area contributed by atoms with Crippen LogP contribution in [0, 0.1) is 6.92 Å². The van der Waals surface area contributed by atoms with Crippen molar-refractivity contribution in [2.75, 3.05) is 0 Å². The molecule has 0 aliphatic heterocycles. The molecule has 0 saturated heterocycles. The van der Waals surface area contributed by atoms with Crippen LogP contribution in [0.5, 0.6) is 0 Å². The fourth-order valence-electron chi connectivity index (χ4n) is 2.02. The summed E-state index contributed by atoms with van der Waals surface area (Å²) in [5, 5.41) is 15.9. The van der Waals surface area contributed by atoms with Gasteiger partial charge in [-0.05, 0) is 31.4 Å². The molecule has 2 aromatic rings. The fraction of sp³-hybridized carbons (Fsp3) is 0.438. The van der Waals surface area contributed by atoms with Crippen molar-refractivity contribution in [1.29, 1.82) is 0 Å². The van der Waals surface area contributed by atoms with E-state index < -0.39 is 0 Å². The van der Waals surface area contributed by atoms with E-state index in [1.54, 1.807) is 11.3 Å². The molecule has 0 fully saturated rings. The Hall–Kier alpha value is -1.23. The monoisotopic (exact) mass is 290 g/mol. The molecule has 4 heteroatoms. The normalized spacial score (nSPS) is 14.2. The van der Waals surface area contributed by atoms with Crippen LogP contribution in [0.2, 0.25) is 0 Å². The second-order valence-electron chi connectivity index (χ2n) is 5.31. The van der Waals surface area contributed by atoms with Crippen molar-refractivity contribution in [3.8, 4) is 0 Å². The van der Waals surface area contributed by atoms with Gasteiger partial charge in [0.25, 0.3) is 0 Å². The van der Waals surface area contributed by atoms with Gasteiger partial charge in [-0.25, -0.2) is 4.98 Å². The molecule has 108 valence electrons. The molecular formula is C16H22N2OS. The van der Waals surface area contributed by atoms with Gasteiger partial charge >= 0.3 is 0 Å². The Morgan fingerprint density at radius 2 is 1.90 bits per heavy atom. The lowest BCUT2D eigenvalue weighted by Crippen LogP contribution is -2.38. The summed E-state index contributed by atoms with van der Waals surface area (Å²) in [6, 6.07) is 8.05. The first-order valence-electron chi connectivity index (χ1n) is 6.93. The van der Waals surface area contributed by atoms with E-state index in [4.69, 9.17) is 5.11 Å². The number of benzene rings is 1. The lowest BCUT2D eigenvalue weighted by atomic mass is 9.99. The van der Waals surface area contributed by atoms with Gasteiger partial charge in [-0.2, -0.15) is 0 Å². The first-order chi connectivity index (χ1) is 9.57. The van der Waals surface area contributed by atoms with Crippen molar-refractivity contribution in [3.63, 3.8) is 0 Å². The number of hydrogen-bond acceptors (Lipinski definition) is 4. The molecule has 1 aromatic carbocycles. The van der Waals surface area contributed by atoms with E-state index in [0.29, 0.717) is 0 Å². The maximum atomic E-state index is 9.05. The summed E-state index contributed by atoms with van der Waals surface area (Å²) in [5.41, 5.74) is 3.16. The topological polar surface area (TPSA) is 45.1 Å². The second-order valence-corrected chi connectivity index (χ2v) is 6.17. The Bertz CT molecular complexity index is 550. The molecule has 0 aliphatic rings. The van der Waals surface area contributed by atoms with Gasteiger partial charge in [0, 0.05) is 17.6 Å². The van der Waals surface area contributed by atoms with Crippen LogP contribution in [0.3, 0.4) is 0 Å². The van der Waals surface area contributed by atoms with Gasteiger partial charge in [0.05, 0.1) is 12.1 Å². The third-order valence-corrected chi connectivity index (χ3v) is 4.91. The van der Waals surface area contributed by atoms with Crippen molar-refractivity contribution >= 4 is 11.3 Å². The van der Waals surface area contributed by atoms with Crippen LogP contribution in [0.1, 0.15) is 42.1 Å². The lowest BCUT2D eigenvalue weighted by molar-refractivity contribution is 0.282. The zero-order chi connectivity index (χ0) is 14.6. The summed E-state index contributed by atoms with van der Waals surface area (Å²) in [6.45, 7) is 7.31. The third-order valence-electron chi connectivity index (χ3n) is 3.69. The Morgan fingerprint density at radius 1 is 1.25 bits per heavy atom. The summed E-state index contributed by atoms with van der Waals surface area (Å²) in [7, 11) is 0. The van der Waals surface area contributed by atoms with E-state index in [9.17, 15) is 0 Å². The van der Waals surface area contributed by atoms with Gasteiger partial charge in [-0.3, -0.25) is 0 Å². The van der Waals surface area contributed by atoms with E-state index >= 15 is 0 Å². The maximum absolute atomic E-state index is 9.05. The average molecular weight is 290 g/mol. The Balaban J connectivity index is 2.06. The van der Waals surface area contributed by atoms with E-state index in [0.717, 1.165) is 29.2 Å². The number of aryl methyl sites for hydroxylation is 1. The standard InChI is InChI=1S/C16H22N2OS/c1-4-16(3,15-18-12(2)11-20-15)17-9-13-5-7-14(10-19)8-6-13/h5-8,11,17,19H,4,9-10H2,1-3H3. The number of aromatic nitrogens is 1. The van der Waals surface area contributed by atoms with E-state index in [1.165, 1.54) is 5.56 Å². The molecule has 0 amide bonds. The van der Waals surface area contributed by atoms with Crippen LogP contribution in [-0.4, -0.2) is 10.1 Å². The predicted molar refractivity (Wildman–Crippen MR) is 83.7 cm³/mol. The number of hydrogen-bond donors (Lipinski definition) is 2. The molecule has 0 radical (unpaired) electrons. The molecule has 0 bridgehead atoms. The van der Waals surface area contributed by atoms with Gasteiger partial charge in [-0.1, -0.05) is 31.2 Å². The van der Waals surface area contributed by atoms with Crippen LogP contribution in [-0.2, 0) is 18.7 Å². The van der Waals surface area contributed by atoms with Crippen molar-refractivity contribution in [2.24, 2.45) is 0 Å². The van der Waals surface area contributed by atoms with Crippen molar-refractivity contribution in [1.82, 2.24) is 10.3 Å². The minimum Gasteiger partial charge on any atom is -0.392 e. The number of aliphatic hydroxyl groups excluding tert-OH is 1. The van der Waals surface area contributed by atoms with Gasteiger partial charge in [-0.15, -0.1) is 11.3 Å². The molecule has 1 heterocycles. The summed E-state index contributed by atoms with van der Waals surface area (Å²) < 4.78 is 0. The van der Waals surface area contributed by atoms with Crippen LogP contribution in [0.25, 0.3) is 0 Å². The molecule has 0 saturated carbocycles. The molecule has 3 nitrogen and oxygen atoms in total. The minimum absolute atomic E-state index is 0.0887. The molecule has 1 aromatic heterocycles. The number of rotatable bonds is 6. The molecule has 1 atom stereocenters. The molecule has 0 aliphatic carbocycles. The number of thiazole rings is 1. The quantitative estimate of drug-likeness (QED) is 0.857. The van der Waals surface area contributed by atoms with Crippen LogP contribution in [0.4, 0.5) is 0 Å². The van der Waals surface area contributed by atoms with Crippen LogP contribution in [0.15, 0.2) is 29.6 Å². The highest BCUT2D eigenvalue weighted by atomic mass is 32.1. The average Bonchev–Trinajstić information content (AvgIpc) is 2.92. The number of aliphatic hydroxyl groups is 1. The molecular weight excluding hydrogens is 268 g/mol. The SMILES string of the molecule is CCC(C)(NCc1ccc(CO)cc1)c1nc(C)cs1. The molecule has 0 spiro atoms. The third kappa shape index (κ3) is 3.45. The van der Waals surface area contributed by atoms with Gasteiger partial charge in [0.2, 0.25) is 0 Å².